The molecule has 0 radical (unpaired) electrons. The SMILES string of the molecule is CC1(C(=O)NC2CCCCCC2)Cn2c(cc3ccccc32)C(=O)N1Cc1ccc2c(c1)OCO2. The topological polar surface area (TPSA) is 72.8 Å². The van der Waals surface area contributed by atoms with Crippen molar-refractivity contribution in [3.8, 4) is 11.5 Å². The predicted molar refractivity (Wildman–Crippen MR) is 132 cm³/mol. The van der Waals surface area contributed by atoms with Crippen LogP contribution in [0.25, 0.3) is 10.9 Å². The molecule has 2 aromatic carbocycles. The van der Waals surface area contributed by atoms with Crippen molar-refractivity contribution in [1.82, 2.24) is 14.8 Å². The van der Waals surface area contributed by atoms with Gasteiger partial charge in [0.1, 0.15) is 11.2 Å². The lowest BCUT2D eigenvalue weighted by atomic mass is 9.93. The van der Waals surface area contributed by atoms with Crippen LogP contribution in [0.3, 0.4) is 0 Å². The fraction of sp³-hybridized carbons (Fsp3) is 0.429. The number of benzene rings is 2. The molecule has 1 atom stereocenters. The van der Waals surface area contributed by atoms with Crippen molar-refractivity contribution in [2.75, 3.05) is 6.79 Å². The number of aromatic nitrogens is 1. The van der Waals surface area contributed by atoms with E-state index >= 15 is 0 Å². The number of hydrogen-bond acceptors (Lipinski definition) is 4. The van der Waals surface area contributed by atoms with Gasteiger partial charge in [-0.1, -0.05) is 49.9 Å². The maximum Gasteiger partial charge on any atom is 0.271 e. The van der Waals surface area contributed by atoms with Crippen LogP contribution < -0.4 is 14.8 Å². The number of nitrogens with zero attached hydrogens (tertiary/aromatic N) is 2. The van der Waals surface area contributed by atoms with Gasteiger partial charge in [0.25, 0.3) is 5.91 Å². The second kappa shape index (κ2) is 8.63. The molecule has 182 valence electrons. The maximum absolute atomic E-state index is 14.0. The van der Waals surface area contributed by atoms with Gasteiger partial charge < -0.3 is 24.3 Å². The molecule has 1 fully saturated rings. The van der Waals surface area contributed by atoms with Crippen molar-refractivity contribution in [2.45, 2.75) is 70.1 Å². The molecule has 7 heteroatoms. The van der Waals surface area contributed by atoms with Crippen LogP contribution in [0.2, 0.25) is 0 Å². The van der Waals surface area contributed by atoms with Crippen molar-refractivity contribution in [3.05, 3.63) is 59.8 Å². The Labute approximate surface area is 205 Å². The minimum absolute atomic E-state index is 0.0816. The van der Waals surface area contributed by atoms with E-state index in [0.717, 1.165) is 42.1 Å². The van der Waals surface area contributed by atoms with Gasteiger partial charge in [-0.05, 0) is 49.6 Å². The second-order valence-electron chi connectivity index (χ2n) is 10.2. The molecule has 3 heterocycles. The molecule has 1 aliphatic carbocycles. The second-order valence-corrected chi connectivity index (χ2v) is 10.2. The maximum atomic E-state index is 14.0. The third-order valence-corrected chi connectivity index (χ3v) is 7.79. The summed E-state index contributed by atoms with van der Waals surface area (Å²) in [7, 11) is 0. The summed E-state index contributed by atoms with van der Waals surface area (Å²) in [6, 6.07) is 15.8. The Morgan fingerprint density at radius 2 is 1.80 bits per heavy atom. The van der Waals surface area contributed by atoms with Crippen LogP contribution in [0.15, 0.2) is 48.5 Å². The third kappa shape index (κ3) is 3.83. The largest absolute Gasteiger partial charge is 0.454 e. The summed E-state index contributed by atoms with van der Waals surface area (Å²) >= 11 is 0. The first-order valence-electron chi connectivity index (χ1n) is 12.6. The van der Waals surface area contributed by atoms with Crippen LogP contribution in [0.5, 0.6) is 11.5 Å². The molecule has 2 aliphatic heterocycles. The average molecular weight is 474 g/mol. The highest BCUT2D eigenvalue weighted by molar-refractivity contribution is 6.03. The van der Waals surface area contributed by atoms with E-state index in [4.69, 9.17) is 9.47 Å². The zero-order valence-electron chi connectivity index (χ0n) is 20.1. The van der Waals surface area contributed by atoms with E-state index < -0.39 is 5.54 Å². The summed E-state index contributed by atoms with van der Waals surface area (Å²) < 4.78 is 13.0. The lowest BCUT2D eigenvalue weighted by molar-refractivity contribution is -0.134. The highest BCUT2D eigenvalue weighted by Gasteiger charge is 2.48. The monoisotopic (exact) mass is 473 g/mol. The summed E-state index contributed by atoms with van der Waals surface area (Å²) in [4.78, 5) is 29.6. The van der Waals surface area contributed by atoms with Crippen molar-refractivity contribution < 1.29 is 19.1 Å². The van der Waals surface area contributed by atoms with Crippen LogP contribution in [0, 0.1) is 0 Å². The molecule has 1 saturated carbocycles. The van der Waals surface area contributed by atoms with Crippen LogP contribution >= 0.6 is 0 Å². The zero-order valence-corrected chi connectivity index (χ0v) is 20.1. The van der Waals surface area contributed by atoms with Crippen molar-refractivity contribution in [2.24, 2.45) is 0 Å². The summed E-state index contributed by atoms with van der Waals surface area (Å²) in [6.07, 6.45) is 6.70. The predicted octanol–water partition coefficient (Wildman–Crippen LogP) is 4.62. The number of fused-ring (bicyclic) bond motifs is 4. The zero-order chi connectivity index (χ0) is 24.0. The molecule has 7 nitrogen and oxygen atoms in total. The fourth-order valence-corrected chi connectivity index (χ4v) is 5.74. The number of para-hydroxylation sites is 1. The Kier molecular flexibility index (Phi) is 5.43. The molecular formula is C28H31N3O4. The Bertz CT molecular complexity index is 1290. The summed E-state index contributed by atoms with van der Waals surface area (Å²) in [5, 5.41) is 4.33. The van der Waals surface area contributed by atoms with Gasteiger partial charge in [0.15, 0.2) is 11.5 Å². The quantitative estimate of drug-likeness (QED) is 0.561. The van der Waals surface area contributed by atoms with Gasteiger partial charge in [0, 0.05) is 23.5 Å². The number of ether oxygens (including phenoxy) is 2. The van der Waals surface area contributed by atoms with Gasteiger partial charge in [-0.15, -0.1) is 0 Å². The first-order chi connectivity index (χ1) is 17.0. The number of carbonyl (C=O) groups is 2. The van der Waals surface area contributed by atoms with E-state index in [2.05, 4.69) is 5.32 Å². The highest BCUT2D eigenvalue weighted by atomic mass is 16.7. The molecule has 35 heavy (non-hydrogen) atoms. The van der Waals surface area contributed by atoms with E-state index in [1.54, 1.807) is 4.90 Å². The van der Waals surface area contributed by atoms with Crippen LogP contribution in [0.1, 0.15) is 61.5 Å². The molecule has 0 spiro atoms. The standard InChI is InChI=1S/C28H31N3O4/c1-28(27(33)29-21-9-4-2-3-5-10-21)17-30-22-11-7-6-8-20(22)15-23(30)26(32)31(28)16-19-12-13-24-25(14-19)35-18-34-24/h6-8,11-15,21H,2-5,9-10,16-18H2,1H3,(H,29,33). The lowest BCUT2D eigenvalue weighted by Gasteiger charge is -2.44. The van der Waals surface area contributed by atoms with E-state index in [1.165, 1.54) is 12.8 Å². The molecule has 3 aromatic rings. The number of carbonyl (C=O) groups excluding carboxylic acids is 2. The number of amides is 2. The van der Waals surface area contributed by atoms with E-state index in [9.17, 15) is 9.59 Å². The van der Waals surface area contributed by atoms with Crippen molar-refractivity contribution >= 4 is 22.7 Å². The van der Waals surface area contributed by atoms with Gasteiger partial charge in [-0.2, -0.15) is 0 Å². The Hall–Kier alpha value is -3.48. The molecular weight excluding hydrogens is 442 g/mol. The summed E-state index contributed by atoms with van der Waals surface area (Å²) in [5.41, 5.74) is 1.47. The molecule has 1 aromatic heterocycles. The smallest absolute Gasteiger partial charge is 0.271 e. The van der Waals surface area contributed by atoms with E-state index in [1.807, 2.05) is 60.0 Å². The van der Waals surface area contributed by atoms with E-state index in [-0.39, 0.29) is 24.6 Å². The van der Waals surface area contributed by atoms with Crippen LogP contribution in [0.4, 0.5) is 0 Å². The average Bonchev–Trinajstić information content (AvgIpc) is 3.38. The summed E-state index contributed by atoms with van der Waals surface area (Å²) in [6.45, 7) is 2.82. The molecule has 1 unspecified atom stereocenters. The van der Waals surface area contributed by atoms with Gasteiger partial charge in [0.05, 0.1) is 6.54 Å². The normalized spacial score (nSPS) is 22.2. The minimum Gasteiger partial charge on any atom is -0.454 e. The first-order valence-corrected chi connectivity index (χ1v) is 12.6. The van der Waals surface area contributed by atoms with Gasteiger partial charge in [-0.3, -0.25) is 9.59 Å². The van der Waals surface area contributed by atoms with E-state index in [0.29, 0.717) is 30.3 Å². The molecule has 0 saturated heterocycles. The Morgan fingerprint density at radius 1 is 1.03 bits per heavy atom. The number of nitrogens with one attached hydrogen (secondary N) is 1. The Balaban J connectivity index is 1.38. The molecule has 6 rings (SSSR count). The third-order valence-electron chi connectivity index (χ3n) is 7.79. The Morgan fingerprint density at radius 3 is 2.63 bits per heavy atom. The molecule has 0 bridgehead atoms. The fourth-order valence-electron chi connectivity index (χ4n) is 5.74. The minimum atomic E-state index is -1.03. The summed E-state index contributed by atoms with van der Waals surface area (Å²) in [5.74, 6) is 1.16. The molecule has 3 aliphatic rings. The molecule has 2 amide bonds. The lowest BCUT2D eigenvalue weighted by Crippen LogP contribution is -2.64. The molecule has 1 N–H and O–H groups in total. The highest BCUT2D eigenvalue weighted by Crippen LogP contribution is 2.36. The van der Waals surface area contributed by atoms with Crippen LogP contribution in [-0.2, 0) is 17.9 Å². The van der Waals surface area contributed by atoms with Gasteiger partial charge in [-0.25, -0.2) is 0 Å². The van der Waals surface area contributed by atoms with Crippen molar-refractivity contribution in [1.29, 1.82) is 0 Å². The van der Waals surface area contributed by atoms with Crippen LogP contribution in [-0.4, -0.2) is 39.7 Å². The van der Waals surface area contributed by atoms with Gasteiger partial charge >= 0.3 is 0 Å². The number of hydrogen-bond donors (Lipinski definition) is 1. The number of rotatable bonds is 4. The van der Waals surface area contributed by atoms with Gasteiger partial charge in [0.2, 0.25) is 12.7 Å². The van der Waals surface area contributed by atoms with Crippen molar-refractivity contribution in [3.63, 3.8) is 0 Å². The first kappa shape index (κ1) is 22.0.